The summed E-state index contributed by atoms with van der Waals surface area (Å²) in [5, 5.41) is 0. The zero-order valence-corrected chi connectivity index (χ0v) is 14.1. The Morgan fingerprint density at radius 2 is 1.92 bits per heavy atom. The molecule has 1 aromatic heterocycles. The number of para-hydroxylation sites is 2. The number of carbonyl (C=O) groups is 1. The van der Waals surface area contributed by atoms with Gasteiger partial charge in [0.15, 0.2) is 5.58 Å². The van der Waals surface area contributed by atoms with Crippen LogP contribution in [0.1, 0.15) is 12.5 Å². The summed E-state index contributed by atoms with van der Waals surface area (Å²) in [5.41, 5.74) is 9.27. The predicted molar refractivity (Wildman–Crippen MR) is 95.0 cm³/mol. The van der Waals surface area contributed by atoms with Crippen LogP contribution in [0.3, 0.4) is 0 Å². The second kappa shape index (κ2) is 7.95. The molecule has 0 saturated heterocycles. The lowest BCUT2D eigenvalue weighted by Gasteiger charge is -2.10. The lowest BCUT2D eigenvalue weighted by Crippen LogP contribution is -2.34. The van der Waals surface area contributed by atoms with Crippen molar-refractivity contribution < 1.29 is 13.9 Å². The highest BCUT2D eigenvalue weighted by Gasteiger charge is 2.15. The van der Waals surface area contributed by atoms with E-state index in [0.29, 0.717) is 18.9 Å². The van der Waals surface area contributed by atoms with Gasteiger partial charge in [0.2, 0.25) is 5.89 Å². The summed E-state index contributed by atoms with van der Waals surface area (Å²) in [6.07, 6.45) is 0.437. The first kappa shape index (κ1) is 18.0. The third-order valence-electron chi connectivity index (χ3n) is 3.54. The molecule has 0 fully saturated rings. The Kier molecular flexibility index (Phi) is 5.95. The van der Waals surface area contributed by atoms with Crippen molar-refractivity contribution in [2.45, 2.75) is 19.4 Å². The maximum absolute atomic E-state index is 11.6. The molecule has 2 N–H and O–H groups in total. The van der Waals surface area contributed by atoms with Gasteiger partial charge in [-0.15, -0.1) is 12.4 Å². The van der Waals surface area contributed by atoms with E-state index in [0.717, 1.165) is 22.2 Å². The SMILES string of the molecule is CCOC(=O)C(N)Cc1ccc(-c2nc3ccccc3o2)cc1.Cl. The predicted octanol–water partition coefficient (Wildman–Crippen LogP) is 3.35. The lowest BCUT2D eigenvalue weighted by molar-refractivity contribution is -0.144. The molecular formula is C18H19ClN2O3. The smallest absolute Gasteiger partial charge is 0.323 e. The van der Waals surface area contributed by atoms with Crippen molar-refractivity contribution in [3.05, 3.63) is 54.1 Å². The van der Waals surface area contributed by atoms with Crippen molar-refractivity contribution in [1.29, 1.82) is 0 Å². The van der Waals surface area contributed by atoms with Crippen LogP contribution >= 0.6 is 12.4 Å². The number of rotatable bonds is 5. The van der Waals surface area contributed by atoms with Gasteiger partial charge in [-0.05, 0) is 43.2 Å². The van der Waals surface area contributed by atoms with Crippen molar-refractivity contribution in [3.63, 3.8) is 0 Å². The van der Waals surface area contributed by atoms with Crippen molar-refractivity contribution in [1.82, 2.24) is 4.98 Å². The third kappa shape index (κ3) is 3.93. The Labute approximate surface area is 146 Å². The number of nitrogens with two attached hydrogens (primary N) is 1. The van der Waals surface area contributed by atoms with Crippen LogP contribution in [0.5, 0.6) is 0 Å². The molecule has 3 aromatic rings. The number of carbonyl (C=O) groups excluding carboxylic acids is 1. The van der Waals surface area contributed by atoms with Gasteiger partial charge in [-0.25, -0.2) is 4.98 Å². The van der Waals surface area contributed by atoms with Crippen molar-refractivity contribution in [2.24, 2.45) is 5.73 Å². The molecule has 0 aliphatic heterocycles. The highest BCUT2D eigenvalue weighted by molar-refractivity contribution is 5.85. The number of ether oxygens (including phenoxy) is 1. The van der Waals surface area contributed by atoms with Crippen LogP contribution in [0, 0.1) is 0 Å². The van der Waals surface area contributed by atoms with Gasteiger partial charge in [0.25, 0.3) is 0 Å². The maximum atomic E-state index is 11.6. The Hall–Kier alpha value is -2.37. The van der Waals surface area contributed by atoms with Gasteiger partial charge >= 0.3 is 5.97 Å². The molecule has 0 spiro atoms. The second-order valence-electron chi connectivity index (χ2n) is 5.25. The number of nitrogens with zero attached hydrogens (tertiary/aromatic N) is 1. The number of esters is 1. The summed E-state index contributed by atoms with van der Waals surface area (Å²) in [4.78, 5) is 16.0. The van der Waals surface area contributed by atoms with Gasteiger partial charge in [-0.2, -0.15) is 0 Å². The number of fused-ring (bicyclic) bond motifs is 1. The summed E-state index contributed by atoms with van der Waals surface area (Å²) < 4.78 is 10.6. The molecule has 5 nitrogen and oxygen atoms in total. The van der Waals surface area contributed by atoms with E-state index in [1.807, 2.05) is 48.5 Å². The first-order valence-corrected chi connectivity index (χ1v) is 7.54. The molecule has 0 saturated carbocycles. The normalized spacial score (nSPS) is 11.8. The number of aromatic nitrogens is 1. The van der Waals surface area contributed by atoms with Crippen molar-refractivity contribution >= 4 is 29.5 Å². The maximum Gasteiger partial charge on any atom is 0.323 e. The minimum absolute atomic E-state index is 0. The molecule has 24 heavy (non-hydrogen) atoms. The van der Waals surface area contributed by atoms with Gasteiger partial charge in [0.1, 0.15) is 11.6 Å². The summed E-state index contributed by atoms with van der Waals surface area (Å²) in [6.45, 7) is 2.10. The molecule has 2 aromatic carbocycles. The highest BCUT2D eigenvalue weighted by atomic mass is 35.5. The Balaban J connectivity index is 0.00000208. The van der Waals surface area contributed by atoms with Gasteiger partial charge in [0, 0.05) is 5.56 Å². The number of oxazole rings is 1. The molecule has 0 amide bonds. The molecule has 0 aliphatic carbocycles. The fraction of sp³-hybridized carbons (Fsp3) is 0.222. The Morgan fingerprint density at radius 3 is 2.58 bits per heavy atom. The van der Waals surface area contributed by atoms with E-state index in [-0.39, 0.29) is 18.4 Å². The zero-order valence-electron chi connectivity index (χ0n) is 13.3. The van der Waals surface area contributed by atoms with Gasteiger partial charge in [0.05, 0.1) is 6.61 Å². The standard InChI is InChI=1S/C18H18N2O3.ClH/c1-2-22-18(21)14(19)11-12-7-9-13(10-8-12)17-20-15-5-3-4-6-16(15)23-17;/h3-10,14H,2,11,19H2,1H3;1H. The molecule has 0 aliphatic rings. The molecule has 0 bridgehead atoms. The van der Waals surface area contributed by atoms with Crippen LogP contribution in [-0.2, 0) is 16.0 Å². The van der Waals surface area contributed by atoms with E-state index < -0.39 is 6.04 Å². The fourth-order valence-corrected chi connectivity index (χ4v) is 2.37. The molecule has 1 atom stereocenters. The van der Waals surface area contributed by atoms with Gasteiger partial charge in [-0.3, -0.25) is 4.79 Å². The van der Waals surface area contributed by atoms with E-state index in [1.165, 1.54) is 0 Å². The average Bonchev–Trinajstić information content (AvgIpc) is 2.99. The largest absolute Gasteiger partial charge is 0.465 e. The monoisotopic (exact) mass is 346 g/mol. The van der Waals surface area contributed by atoms with E-state index >= 15 is 0 Å². The van der Waals surface area contributed by atoms with E-state index in [4.69, 9.17) is 14.9 Å². The number of hydrogen-bond donors (Lipinski definition) is 1. The Bertz CT molecular complexity index is 782. The topological polar surface area (TPSA) is 78.4 Å². The Morgan fingerprint density at radius 1 is 1.21 bits per heavy atom. The zero-order chi connectivity index (χ0) is 16.2. The lowest BCUT2D eigenvalue weighted by atomic mass is 10.0. The molecule has 6 heteroatoms. The molecule has 1 unspecified atom stereocenters. The molecule has 0 radical (unpaired) electrons. The quantitative estimate of drug-likeness (QED) is 0.717. The number of benzene rings is 2. The fourth-order valence-electron chi connectivity index (χ4n) is 2.37. The third-order valence-corrected chi connectivity index (χ3v) is 3.54. The van der Waals surface area contributed by atoms with Crippen LogP contribution in [-0.4, -0.2) is 23.6 Å². The first-order valence-electron chi connectivity index (χ1n) is 7.54. The van der Waals surface area contributed by atoms with Crippen LogP contribution in [0.2, 0.25) is 0 Å². The highest BCUT2D eigenvalue weighted by Crippen LogP contribution is 2.24. The molecule has 1 heterocycles. The molecule has 126 valence electrons. The molecule has 3 rings (SSSR count). The summed E-state index contributed by atoms with van der Waals surface area (Å²) in [5.74, 6) is 0.197. The first-order chi connectivity index (χ1) is 11.2. The van der Waals surface area contributed by atoms with E-state index in [1.54, 1.807) is 6.92 Å². The van der Waals surface area contributed by atoms with Gasteiger partial charge < -0.3 is 14.9 Å². The summed E-state index contributed by atoms with van der Waals surface area (Å²) in [7, 11) is 0. The average molecular weight is 347 g/mol. The van der Waals surface area contributed by atoms with Gasteiger partial charge in [-0.1, -0.05) is 24.3 Å². The van der Waals surface area contributed by atoms with Crippen LogP contribution in [0.15, 0.2) is 52.9 Å². The number of hydrogen-bond acceptors (Lipinski definition) is 5. The van der Waals surface area contributed by atoms with Crippen molar-refractivity contribution in [3.8, 4) is 11.5 Å². The van der Waals surface area contributed by atoms with Crippen LogP contribution in [0.25, 0.3) is 22.6 Å². The number of halogens is 1. The minimum Gasteiger partial charge on any atom is -0.465 e. The van der Waals surface area contributed by atoms with E-state index in [9.17, 15) is 4.79 Å². The van der Waals surface area contributed by atoms with E-state index in [2.05, 4.69) is 4.98 Å². The molecular weight excluding hydrogens is 328 g/mol. The van der Waals surface area contributed by atoms with Crippen molar-refractivity contribution in [2.75, 3.05) is 6.61 Å². The summed E-state index contributed by atoms with van der Waals surface area (Å²) in [6, 6.07) is 14.7. The minimum atomic E-state index is -0.648. The van der Waals surface area contributed by atoms with Crippen LogP contribution < -0.4 is 5.73 Å². The summed E-state index contributed by atoms with van der Waals surface area (Å²) >= 11 is 0. The second-order valence-corrected chi connectivity index (χ2v) is 5.25. The van der Waals surface area contributed by atoms with Crippen LogP contribution in [0.4, 0.5) is 0 Å².